The van der Waals surface area contributed by atoms with E-state index in [1.165, 1.54) is 6.07 Å². The summed E-state index contributed by atoms with van der Waals surface area (Å²) >= 11 is 5.95. The number of fused-ring (bicyclic) bond motifs is 1. The molecule has 0 radical (unpaired) electrons. The number of nitrogens with zero attached hydrogens (tertiary/aromatic N) is 2. The Morgan fingerprint density at radius 1 is 1.30 bits per heavy atom. The molecule has 0 fully saturated rings. The Bertz CT molecular complexity index is 798. The molecule has 0 aliphatic rings. The Morgan fingerprint density at radius 2 is 2.10 bits per heavy atom. The van der Waals surface area contributed by atoms with E-state index in [-0.39, 0.29) is 11.1 Å². The van der Waals surface area contributed by atoms with Crippen LogP contribution in [0.15, 0.2) is 40.9 Å². The van der Waals surface area contributed by atoms with Gasteiger partial charge in [0.2, 0.25) is 0 Å². The highest BCUT2D eigenvalue weighted by atomic mass is 35.5. The van der Waals surface area contributed by atoms with E-state index < -0.39 is 0 Å². The molecular weight excluding hydrogens is 278 g/mol. The number of rotatable bonds is 2. The summed E-state index contributed by atoms with van der Waals surface area (Å²) in [7, 11) is 0. The van der Waals surface area contributed by atoms with Gasteiger partial charge in [-0.05, 0) is 19.1 Å². The Labute approximate surface area is 119 Å². The van der Waals surface area contributed by atoms with Gasteiger partial charge in [0.25, 0.3) is 5.91 Å². The number of aromatic nitrogens is 2. The van der Waals surface area contributed by atoms with Crippen molar-refractivity contribution in [1.29, 1.82) is 0 Å². The van der Waals surface area contributed by atoms with Gasteiger partial charge < -0.3 is 9.84 Å². The molecule has 1 amide bonds. The van der Waals surface area contributed by atoms with Crippen molar-refractivity contribution in [1.82, 2.24) is 10.1 Å². The van der Waals surface area contributed by atoms with Crippen molar-refractivity contribution in [2.75, 3.05) is 5.32 Å². The monoisotopic (exact) mass is 287 g/mol. The number of hydrogen-bond acceptors (Lipinski definition) is 4. The number of nitrogens with one attached hydrogen (secondary N) is 1. The third-order valence-electron chi connectivity index (χ3n) is 2.80. The average Bonchev–Trinajstić information content (AvgIpc) is 2.83. The van der Waals surface area contributed by atoms with Crippen LogP contribution >= 0.6 is 11.6 Å². The third kappa shape index (κ3) is 2.35. The predicted octanol–water partition coefficient (Wildman–Crippen LogP) is 3.44. The van der Waals surface area contributed by atoms with Crippen molar-refractivity contribution in [2.24, 2.45) is 0 Å². The fourth-order valence-corrected chi connectivity index (χ4v) is 2.14. The highest BCUT2D eigenvalue weighted by Gasteiger charge is 2.14. The Kier molecular flexibility index (Phi) is 3.12. The van der Waals surface area contributed by atoms with Crippen LogP contribution in [0.3, 0.4) is 0 Å². The number of pyridine rings is 1. The minimum Gasteiger partial charge on any atom is -0.360 e. The number of benzene rings is 1. The second-order valence-electron chi connectivity index (χ2n) is 4.29. The summed E-state index contributed by atoms with van der Waals surface area (Å²) in [6.07, 6.45) is 0. The first-order chi connectivity index (χ1) is 9.63. The molecule has 0 aliphatic carbocycles. The summed E-state index contributed by atoms with van der Waals surface area (Å²) in [4.78, 5) is 16.5. The van der Waals surface area contributed by atoms with E-state index in [1.54, 1.807) is 19.1 Å². The maximum Gasteiger partial charge on any atom is 0.257 e. The van der Waals surface area contributed by atoms with Crippen LogP contribution in [0, 0.1) is 6.92 Å². The topological polar surface area (TPSA) is 68.0 Å². The smallest absolute Gasteiger partial charge is 0.257 e. The molecule has 5 nitrogen and oxygen atoms in total. The molecule has 1 N–H and O–H groups in total. The molecule has 2 heterocycles. The van der Waals surface area contributed by atoms with Gasteiger partial charge in [0.15, 0.2) is 5.82 Å². The Morgan fingerprint density at radius 3 is 2.85 bits per heavy atom. The highest BCUT2D eigenvalue weighted by Crippen LogP contribution is 2.21. The summed E-state index contributed by atoms with van der Waals surface area (Å²) in [5.41, 5.74) is 1.11. The first-order valence-corrected chi connectivity index (χ1v) is 6.31. The van der Waals surface area contributed by atoms with Crippen LogP contribution in [0.25, 0.3) is 10.9 Å². The molecule has 0 saturated heterocycles. The van der Waals surface area contributed by atoms with Crippen LogP contribution < -0.4 is 5.32 Å². The summed E-state index contributed by atoms with van der Waals surface area (Å²) < 4.78 is 4.91. The fourth-order valence-electron chi connectivity index (χ4n) is 1.94. The zero-order valence-electron chi connectivity index (χ0n) is 10.6. The number of amides is 1. The van der Waals surface area contributed by atoms with E-state index in [9.17, 15) is 4.79 Å². The zero-order valence-corrected chi connectivity index (χ0v) is 11.3. The van der Waals surface area contributed by atoms with Crippen LogP contribution in [0.5, 0.6) is 0 Å². The van der Waals surface area contributed by atoms with Crippen molar-refractivity contribution in [3.63, 3.8) is 0 Å². The fraction of sp³-hybridized carbons (Fsp3) is 0.0714. The lowest BCUT2D eigenvalue weighted by atomic mass is 10.1. The van der Waals surface area contributed by atoms with Crippen LogP contribution in [0.2, 0.25) is 5.15 Å². The lowest BCUT2D eigenvalue weighted by molar-refractivity contribution is 0.102. The SMILES string of the molecule is Cc1cc(NC(=O)c2cc(Cl)nc3ccccc23)no1. The molecule has 100 valence electrons. The van der Waals surface area contributed by atoms with Gasteiger partial charge in [-0.3, -0.25) is 4.79 Å². The van der Waals surface area contributed by atoms with E-state index in [4.69, 9.17) is 16.1 Å². The van der Waals surface area contributed by atoms with Crippen molar-refractivity contribution in [3.05, 3.63) is 52.9 Å². The van der Waals surface area contributed by atoms with Gasteiger partial charge in [-0.25, -0.2) is 4.98 Å². The quantitative estimate of drug-likeness (QED) is 0.733. The lowest BCUT2D eigenvalue weighted by Crippen LogP contribution is -2.13. The van der Waals surface area contributed by atoms with Crippen molar-refractivity contribution in [3.8, 4) is 0 Å². The first kappa shape index (κ1) is 12.6. The largest absolute Gasteiger partial charge is 0.360 e. The molecule has 0 bridgehead atoms. The third-order valence-corrected chi connectivity index (χ3v) is 2.99. The minimum absolute atomic E-state index is 0.269. The van der Waals surface area contributed by atoms with Gasteiger partial charge in [0.1, 0.15) is 10.9 Å². The highest BCUT2D eigenvalue weighted by molar-refractivity contribution is 6.30. The summed E-state index contributed by atoms with van der Waals surface area (Å²) in [5, 5.41) is 7.40. The van der Waals surface area contributed by atoms with E-state index >= 15 is 0 Å². The van der Waals surface area contributed by atoms with E-state index in [1.807, 2.05) is 18.2 Å². The van der Waals surface area contributed by atoms with Gasteiger partial charge in [0, 0.05) is 11.5 Å². The molecule has 6 heteroatoms. The standard InChI is InChI=1S/C14H10ClN3O2/c1-8-6-13(18-20-8)17-14(19)10-7-12(15)16-11-5-3-2-4-9(10)11/h2-7H,1H3,(H,17,18,19). The maximum absolute atomic E-state index is 12.3. The molecular formula is C14H10ClN3O2. The lowest BCUT2D eigenvalue weighted by Gasteiger charge is -2.06. The van der Waals surface area contributed by atoms with Crippen LogP contribution in [-0.2, 0) is 0 Å². The minimum atomic E-state index is -0.307. The number of anilines is 1. The Balaban J connectivity index is 2.02. The molecule has 1 aromatic carbocycles. The van der Waals surface area contributed by atoms with Gasteiger partial charge in [-0.2, -0.15) is 0 Å². The van der Waals surface area contributed by atoms with Crippen LogP contribution in [0.1, 0.15) is 16.1 Å². The van der Waals surface area contributed by atoms with E-state index in [0.717, 1.165) is 5.39 Å². The van der Waals surface area contributed by atoms with Crippen molar-refractivity contribution >= 4 is 34.2 Å². The number of para-hydroxylation sites is 1. The predicted molar refractivity (Wildman–Crippen MR) is 75.9 cm³/mol. The van der Waals surface area contributed by atoms with Gasteiger partial charge in [-0.15, -0.1) is 0 Å². The molecule has 2 aromatic heterocycles. The van der Waals surface area contributed by atoms with Gasteiger partial charge >= 0.3 is 0 Å². The number of carbonyl (C=O) groups excluding carboxylic acids is 1. The van der Waals surface area contributed by atoms with Crippen molar-refractivity contribution in [2.45, 2.75) is 6.92 Å². The molecule has 3 rings (SSSR count). The summed E-state index contributed by atoms with van der Waals surface area (Å²) in [6.45, 7) is 1.75. The second kappa shape index (κ2) is 4.94. The van der Waals surface area contributed by atoms with E-state index in [0.29, 0.717) is 22.7 Å². The van der Waals surface area contributed by atoms with Crippen LogP contribution in [-0.4, -0.2) is 16.0 Å². The number of halogens is 1. The average molecular weight is 288 g/mol. The van der Waals surface area contributed by atoms with Gasteiger partial charge in [0.05, 0.1) is 11.1 Å². The molecule has 3 aromatic rings. The molecule has 0 saturated carbocycles. The summed E-state index contributed by atoms with van der Waals surface area (Å²) in [5.74, 6) is 0.682. The number of hydrogen-bond donors (Lipinski definition) is 1. The number of aryl methyl sites for hydroxylation is 1. The zero-order chi connectivity index (χ0) is 14.1. The molecule has 0 aliphatic heterocycles. The van der Waals surface area contributed by atoms with Gasteiger partial charge in [-0.1, -0.05) is 35.0 Å². The number of carbonyl (C=O) groups is 1. The Hall–Kier alpha value is -2.40. The molecule has 20 heavy (non-hydrogen) atoms. The maximum atomic E-state index is 12.3. The van der Waals surface area contributed by atoms with Crippen molar-refractivity contribution < 1.29 is 9.32 Å². The molecule has 0 spiro atoms. The normalized spacial score (nSPS) is 10.7. The summed E-state index contributed by atoms with van der Waals surface area (Å²) in [6, 6.07) is 10.5. The van der Waals surface area contributed by atoms with E-state index in [2.05, 4.69) is 15.5 Å². The second-order valence-corrected chi connectivity index (χ2v) is 4.67. The first-order valence-electron chi connectivity index (χ1n) is 5.93. The van der Waals surface area contributed by atoms with Crippen LogP contribution in [0.4, 0.5) is 5.82 Å². The molecule has 0 atom stereocenters. The molecule has 0 unspecified atom stereocenters.